The molecule has 5 nitrogen and oxygen atoms in total. The molecule has 0 aromatic carbocycles. The lowest BCUT2D eigenvalue weighted by molar-refractivity contribution is 0.584. The summed E-state index contributed by atoms with van der Waals surface area (Å²) in [5.41, 5.74) is 1.28. The summed E-state index contributed by atoms with van der Waals surface area (Å²) in [5.74, 6) is 0.362. The first-order valence-corrected chi connectivity index (χ1v) is 5.55. The Morgan fingerprint density at radius 2 is 1.74 bits per heavy atom. The molecule has 0 aliphatic rings. The van der Waals surface area contributed by atoms with Crippen LogP contribution in [0.4, 0.5) is 4.39 Å². The zero-order valence-corrected chi connectivity index (χ0v) is 9.73. The maximum atomic E-state index is 12.8. The predicted octanol–water partition coefficient (Wildman–Crippen LogP) is 2.13. The lowest BCUT2D eigenvalue weighted by atomic mass is 10.2. The Hall–Kier alpha value is -2.76. The van der Waals surface area contributed by atoms with E-state index in [1.807, 2.05) is 18.2 Å². The fraction of sp³-hybridized carbons (Fsp3) is 0. The maximum absolute atomic E-state index is 12.8. The van der Waals surface area contributed by atoms with Gasteiger partial charge in [0.1, 0.15) is 12.0 Å². The number of rotatable bonds is 2. The smallest absolute Gasteiger partial charge is 0.212 e. The van der Waals surface area contributed by atoms with Crippen LogP contribution in [-0.4, -0.2) is 24.9 Å². The van der Waals surface area contributed by atoms with E-state index < -0.39 is 5.95 Å². The maximum Gasteiger partial charge on any atom is 0.212 e. The third-order valence-electron chi connectivity index (χ3n) is 2.45. The molecule has 3 heterocycles. The van der Waals surface area contributed by atoms with E-state index in [2.05, 4.69) is 24.9 Å². The fourth-order valence-corrected chi connectivity index (χ4v) is 1.56. The van der Waals surface area contributed by atoms with Crippen LogP contribution in [-0.2, 0) is 0 Å². The van der Waals surface area contributed by atoms with Gasteiger partial charge in [0.25, 0.3) is 0 Å². The molecule has 0 atom stereocenters. The number of nitrogens with zero attached hydrogens (tertiary/aromatic N) is 5. The molecule has 92 valence electrons. The van der Waals surface area contributed by atoms with Gasteiger partial charge in [-0.15, -0.1) is 0 Å². The van der Waals surface area contributed by atoms with Crippen LogP contribution in [0.2, 0.25) is 0 Å². The molecule has 0 radical (unpaired) electrons. The minimum absolute atomic E-state index is 0.433. The van der Waals surface area contributed by atoms with Crippen LogP contribution >= 0.6 is 0 Å². The SMILES string of the molecule is Fc1ccc(-c2ncnc(-c3ccccn3)n2)cn1. The first-order valence-electron chi connectivity index (χ1n) is 5.55. The summed E-state index contributed by atoms with van der Waals surface area (Å²) < 4.78 is 12.8. The lowest BCUT2D eigenvalue weighted by Crippen LogP contribution is -1.96. The molecule has 0 spiro atoms. The minimum Gasteiger partial charge on any atom is -0.253 e. The van der Waals surface area contributed by atoms with Crippen LogP contribution in [0.5, 0.6) is 0 Å². The van der Waals surface area contributed by atoms with Gasteiger partial charge in [-0.2, -0.15) is 4.39 Å². The van der Waals surface area contributed by atoms with Crippen molar-refractivity contribution in [2.75, 3.05) is 0 Å². The van der Waals surface area contributed by atoms with Crippen LogP contribution in [0.15, 0.2) is 49.1 Å². The summed E-state index contributed by atoms with van der Waals surface area (Å²) in [6, 6.07) is 8.31. The summed E-state index contributed by atoms with van der Waals surface area (Å²) in [6.45, 7) is 0. The second-order valence-corrected chi connectivity index (χ2v) is 3.72. The first kappa shape index (κ1) is 11.3. The molecule has 3 rings (SSSR count). The Morgan fingerprint density at radius 3 is 2.47 bits per heavy atom. The molecular weight excluding hydrogens is 245 g/mol. The van der Waals surface area contributed by atoms with Crippen molar-refractivity contribution >= 4 is 0 Å². The Bertz CT molecular complexity index is 685. The van der Waals surface area contributed by atoms with Gasteiger partial charge in [-0.1, -0.05) is 6.07 Å². The highest BCUT2D eigenvalue weighted by Gasteiger charge is 2.07. The molecule has 0 bridgehead atoms. The Labute approximate surface area is 108 Å². The molecule has 19 heavy (non-hydrogen) atoms. The third kappa shape index (κ3) is 2.42. The van der Waals surface area contributed by atoms with Crippen LogP contribution < -0.4 is 0 Å². The number of pyridine rings is 2. The van der Waals surface area contributed by atoms with E-state index in [-0.39, 0.29) is 0 Å². The van der Waals surface area contributed by atoms with Gasteiger partial charge in [0.2, 0.25) is 5.95 Å². The van der Waals surface area contributed by atoms with E-state index in [4.69, 9.17) is 0 Å². The van der Waals surface area contributed by atoms with Gasteiger partial charge >= 0.3 is 0 Å². The van der Waals surface area contributed by atoms with Crippen molar-refractivity contribution < 1.29 is 4.39 Å². The average molecular weight is 253 g/mol. The normalized spacial score (nSPS) is 10.4. The van der Waals surface area contributed by atoms with Gasteiger partial charge in [-0.25, -0.2) is 19.9 Å². The van der Waals surface area contributed by atoms with Gasteiger partial charge in [-0.05, 0) is 24.3 Å². The number of aromatic nitrogens is 5. The molecule has 0 aliphatic carbocycles. The monoisotopic (exact) mass is 253 g/mol. The van der Waals surface area contributed by atoms with Gasteiger partial charge in [0, 0.05) is 18.0 Å². The second-order valence-electron chi connectivity index (χ2n) is 3.72. The standard InChI is InChI=1S/C13H8FN5/c14-11-5-4-9(7-16-11)12-17-8-18-13(19-12)10-3-1-2-6-15-10/h1-8H. The van der Waals surface area contributed by atoms with Crippen LogP contribution in [0.25, 0.3) is 22.9 Å². The zero-order chi connectivity index (χ0) is 13.1. The average Bonchev–Trinajstić information content (AvgIpc) is 2.49. The van der Waals surface area contributed by atoms with Crippen molar-refractivity contribution in [1.82, 2.24) is 24.9 Å². The highest BCUT2D eigenvalue weighted by atomic mass is 19.1. The van der Waals surface area contributed by atoms with E-state index in [1.165, 1.54) is 18.6 Å². The molecule has 0 saturated heterocycles. The second kappa shape index (κ2) is 4.85. The third-order valence-corrected chi connectivity index (χ3v) is 2.45. The molecule has 6 heteroatoms. The molecule has 0 unspecified atom stereocenters. The molecule has 0 amide bonds. The van der Waals surface area contributed by atoms with Gasteiger partial charge in [-0.3, -0.25) is 4.98 Å². The van der Waals surface area contributed by atoms with Crippen LogP contribution in [0.3, 0.4) is 0 Å². The molecule has 0 N–H and O–H groups in total. The molecular formula is C13H8FN5. The Morgan fingerprint density at radius 1 is 0.842 bits per heavy atom. The lowest BCUT2D eigenvalue weighted by Gasteiger charge is -2.02. The van der Waals surface area contributed by atoms with E-state index in [1.54, 1.807) is 12.3 Å². The molecule has 3 aromatic rings. The van der Waals surface area contributed by atoms with Crippen molar-refractivity contribution in [3.63, 3.8) is 0 Å². The number of halogens is 1. The number of hydrogen-bond acceptors (Lipinski definition) is 5. The molecule has 3 aromatic heterocycles. The van der Waals surface area contributed by atoms with Gasteiger partial charge in [0.15, 0.2) is 11.6 Å². The van der Waals surface area contributed by atoms with Crippen molar-refractivity contribution in [3.05, 3.63) is 55.0 Å². The quantitative estimate of drug-likeness (QED) is 0.654. The van der Waals surface area contributed by atoms with E-state index in [0.29, 0.717) is 22.9 Å². The Balaban J connectivity index is 2.03. The largest absolute Gasteiger partial charge is 0.253 e. The van der Waals surface area contributed by atoms with Gasteiger partial charge < -0.3 is 0 Å². The van der Waals surface area contributed by atoms with Crippen LogP contribution in [0.1, 0.15) is 0 Å². The summed E-state index contributed by atoms with van der Waals surface area (Å²) >= 11 is 0. The molecule has 0 saturated carbocycles. The zero-order valence-electron chi connectivity index (χ0n) is 9.73. The molecule has 0 aliphatic heterocycles. The first-order chi connectivity index (χ1) is 9.33. The van der Waals surface area contributed by atoms with Crippen molar-refractivity contribution in [2.24, 2.45) is 0 Å². The highest BCUT2D eigenvalue weighted by molar-refractivity contribution is 5.57. The Kier molecular flexibility index (Phi) is 2.89. The number of hydrogen-bond donors (Lipinski definition) is 0. The van der Waals surface area contributed by atoms with Crippen LogP contribution in [0, 0.1) is 5.95 Å². The predicted molar refractivity (Wildman–Crippen MR) is 66.2 cm³/mol. The van der Waals surface area contributed by atoms with E-state index in [9.17, 15) is 4.39 Å². The van der Waals surface area contributed by atoms with E-state index >= 15 is 0 Å². The summed E-state index contributed by atoms with van der Waals surface area (Å²) in [7, 11) is 0. The minimum atomic E-state index is -0.539. The van der Waals surface area contributed by atoms with E-state index in [0.717, 1.165) is 0 Å². The summed E-state index contributed by atoms with van der Waals surface area (Å²) in [4.78, 5) is 20.2. The van der Waals surface area contributed by atoms with Gasteiger partial charge in [0.05, 0.1) is 0 Å². The van der Waals surface area contributed by atoms with Crippen molar-refractivity contribution in [1.29, 1.82) is 0 Å². The fourth-order valence-electron chi connectivity index (χ4n) is 1.56. The molecule has 0 fully saturated rings. The summed E-state index contributed by atoms with van der Waals surface area (Å²) in [6.07, 6.45) is 4.45. The van der Waals surface area contributed by atoms with Crippen molar-refractivity contribution in [2.45, 2.75) is 0 Å². The highest BCUT2D eigenvalue weighted by Crippen LogP contribution is 2.16. The summed E-state index contributed by atoms with van der Waals surface area (Å²) in [5, 5.41) is 0. The topological polar surface area (TPSA) is 64.5 Å². The van der Waals surface area contributed by atoms with Crippen molar-refractivity contribution in [3.8, 4) is 22.9 Å².